The highest BCUT2D eigenvalue weighted by atomic mass is 16.7. The van der Waals surface area contributed by atoms with Crippen LogP contribution in [0.2, 0.25) is 0 Å². The van der Waals surface area contributed by atoms with E-state index in [1.54, 1.807) is 0 Å². The molecular formula is C25H32N6O6. The summed E-state index contributed by atoms with van der Waals surface area (Å²) in [7, 11) is 1.20. The molecule has 0 aliphatic heterocycles. The third kappa shape index (κ3) is 11.2. The van der Waals surface area contributed by atoms with E-state index in [2.05, 4.69) is 21.1 Å². The van der Waals surface area contributed by atoms with E-state index in [9.17, 15) is 24.5 Å². The number of ether oxygens (including phenoxy) is 1. The van der Waals surface area contributed by atoms with Gasteiger partial charge in [0.2, 0.25) is 11.8 Å². The van der Waals surface area contributed by atoms with Crippen LogP contribution in [0.5, 0.6) is 0 Å². The highest BCUT2D eigenvalue weighted by Gasteiger charge is 2.27. The Labute approximate surface area is 214 Å². The number of nitrogens with zero attached hydrogens (tertiary/aromatic N) is 2. The summed E-state index contributed by atoms with van der Waals surface area (Å²) in [6.45, 7) is 0.177. The van der Waals surface area contributed by atoms with Crippen LogP contribution in [-0.2, 0) is 32.0 Å². The molecule has 37 heavy (non-hydrogen) atoms. The Hall–Kier alpha value is -4.48. The van der Waals surface area contributed by atoms with E-state index in [-0.39, 0.29) is 37.7 Å². The molecule has 12 nitrogen and oxygen atoms in total. The molecule has 2 rings (SSSR count). The SMILES string of the molecule is COC(=O)[C@H](CCCN/C(N)=N/[N+](=O)[O-])NC(=O)[C@@H](Cc1ccccc1)NC(=O)CCc1ccccc1. The lowest BCUT2D eigenvalue weighted by atomic mass is 10.0. The number of amides is 2. The maximum Gasteiger partial charge on any atom is 0.328 e. The number of guanidine groups is 1. The van der Waals surface area contributed by atoms with Gasteiger partial charge in [-0.3, -0.25) is 9.59 Å². The van der Waals surface area contributed by atoms with Gasteiger partial charge in [-0.25, -0.2) is 14.9 Å². The molecule has 0 aliphatic rings. The minimum Gasteiger partial charge on any atom is -0.467 e. The normalized spacial score (nSPS) is 12.6. The molecule has 2 aromatic rings. The van der Waals surface area contributed by atoms with Gasteiger partial charge in [-0.1, -0.05) is 60.7 Å². The highest BCUT2D eigenvalue weighted by Crippen LogP contribution is 2.08. The molecule has 0 bridgehead atoms. The molecule has 2 amide bonds. The zero-order valence-corrected chi connectivity index (χ0v) is 20.6. The first-order valence-corrected chi connectivity index (χ1v) is 11.8. The van der Waals surface area contributed by atoms with Crippen molar-refractivity contribution in [2.75, 3.05) is 13.7 Å². The predicted molar refractivity (Wildman–Crippen MR) is 137 cm³/mol. The van der Waals surface area contributed by atoms with Gasteiger partial charge in [0.1, 0.15) is 17.2 Å². The summed E-state index contributed by atoms with van der Waals surface area (Å²) in [5.41, 5.74) is 7.22. The second-order valence-electron chi connectivity index (χ2n) is 8.17. The fraction of sp³-hybridized carbons (Fsp3) is 0.360. The maximum absolute atomic E-state index is 13.2. The van der Waals surface area contributed by atoms with Crippen LogP contribution >= 0.6 is 0 Å². The molecular weight excluding hydrogens is 480 g/mol. The minimum absolute atomic E-state index is 0.164. The lowest BCUT2D eigenvalue weighted by Gasteiger charge is -2.22. The number of hydrazone groups is 1. The van der Waals surface area contributed by atoms with E-state index >= 15 is 0 Å². The molecule has 0 radical (unpaired) electrons. The zero-order chi connectivity index (χ0) is 27.0. The minimum atomic E-state index is -0.993. The molecule has 0 saturated carbocycles. The van der Waals surface area contributed by atoms with Gasteiger partial charge in [0, 0.05) is 19.4 Å². The number of esters is 1. The van der Waals surface area contributed by atoms with E-state index in [4.69, 9.17) is 10.5 Å². The Morgan fingerprint density at radius 2 is 1.62 bits per heavy atom. The van der Waals surface area contributed by atoms with Crippen LogP contribution in [-0.4, -0.2) is 54.5 Å². The van der Waals surface area contributed by atoms with Crippen molar-refractivity contribution in [3.05, 3.63) is 81.9 Å². The number of nitrogens with one attached hydrogen (secondary N) is 3. The summed E-state index contributed by atoms with van der Waals surface area (Å²) in [6.07, 6.45) is 1.43. The van der Waals surface area contributed by atoms with Gasteiger partial charge in [-0.05, 0) is 30.4 Å². The van der Waals surface area contributed by atoms with Crippen molar-refractivity contribution >= 4 is 23.7 Å². The van der Waals surface area contributed by atoms with Crippen LogP contribution in [0, 0.1) is 10.1 Å². The topological polar surface area (TPSA) is 178 Å². The maximum atomic E-state index is 13.2. The molecule has 0 saturated heterocycles. The molecule has 2 atom stereocenters. The first-order chi connectivity index (χ1) is 17.8. The number of nitro groups is 1. The fourth-order valence-electron chi connectivity index (χ4n) is 3.54. The number of rotatable bonds is 14. The summed E-state index contributed by atoms with van der Waals surface area (Å²) in [5.74, 6) is -1.85. The molecule has 5 N–H and O–H groups in total. The highest BCUT2D eigenvalue weighted by molar-refractivity contribution is 5.91. The van der Waals surface area contributed by atoms with Crippen molar-refractivity contribution < 1.29 is 24.2 Å². The molecule has 0 unspecified atom stereocenters. The van der Waals surface area contributed by atoms with Crippen LogP contribution in [0.15, 0.2) is 65.8 Å². The van der Waals surface area contributed by atoms with E-state index in [0.29, 0.717) is 12.8 Å². The number of benzene rings is 2. The van der Waals surface area contributed by atoms with Crippen LogP contribution in [0.25, 0.3) is 0 Å². The van der Waals surface area contributed by atoms with Crippen molar-refractivity contribution in [3.8, 4) is 0 Å². The first kappa shape index (κ1) is 28.8. The predicted octanol–water partition coefficient (Wildman–Crippen LogP) is 0.881. The number of carbonyl (C=O) groups excluding carboxylic acids is 3. The van der Waals surface area contributed by atoms with E-state index in [0.717, 1.165) is 11.1 Å². The van der Waals surface area contributed by atoms with Gasteiger partial charge in [0.25, 0.3) is 5.96 Å². The number of nitrogens with two attached hydrogens (primary N) is 1. The van der Waals surface area contributed by atoms with Gasteiger partial charge in [-0.15, -0.1) is 0 Å². The smallest absolute Gasteiger partial charge is 0.328 e. The van der Waals surface area contributed by atoms with Crippen molar-refractivity contribution in [1.29, 1.82) is 0 Å². The quantitative estimate of drug-likeness (QED) is 0.0719. The molecule has 0 aromatic heterocycles. The van der Waals surface area contributed by atoms with Crippen LogP contribution in [0.3, 0.4) is 0 Å². The molecule has 12 heteroatoms. The van der Waals surface area contributed by atoms with Gasteiger partial charge in [0.15, 0.2) is 5.03 Å². The molecule has 0 fully saturated rings. The summed E-state index contributed by atoms with van der Waals surface area (Å²) >= 11 is 0. The molecule has 0 heterocycles. The number of aryl methyl sites for hydroxylation is 1. The number of methoxy groups -OCH3 is 1. The van der Waals surface area contributed by atoms with Crippen molar-refractivity contribution in [2.24, 2.45) is 10.8 Å². The second-order valence-corrected chi connectivity index (χ2v) is 8.17. The largest absolute Gasteiger partial charge is 0.467 e. The van der Waals surface area contributed by atoms with Gasteiger partial charge in [0.05, 0.1) is 7.11 Å². The van der Waals surface area contributed by atoms with Crippen LogP contribution in [0.1, 0.15) is 30.4 Å². The average Bonchev–Trinajstić information content (AvgIpc) is 2.89. The first-order valence-electron chi connectivity index (χ1n) is 11.8. The molecule has 0 spiro atoms. The van der Waals surface area contributed by atoms with E-state index in [1.807, 2.05) is 60.7 Å². The second kappa shape index (κ2) is 15.5. The lowest BCUT2D eigenvalue weighted by molar-refractivity contribution is -0.485. The molecule has 2 aromatic carbocycles. The van der Waals surface area contributed by atoms with Crippen molar-refractivity contribution in [3.63, 3.8) is 0 Å². The zero-order valence-electron chi connectivity index (χ0n) is 20.6. The Kier molecular flexibility index (Phi) is 12.0. The lowest BCUT2D eigenvalue weighted by Crippen LogP contribution is -2.52. The van der Waals surface area contributed by atoms with Gasteiger partial charge < -0.3 is 26.4 Å². The Balaban J connectivity index is 2.02. The standard InChI is InChI=1S/C25H32N6O6/c1-37-24(34)20(13-8-16-27-25(26)30-31(35)36)29-23(33)21(17-19-11-6-3-7-12-19)28-22(32)15-14-18-9-4-2-5-10-18/h2-7,9-12,20-21H,8,13-17H2,1H3,(H,28,32)(H,29,33)(H3,26,27,30)/t20-,21+/m0/s1. The van der Waals surface area contributed by atoms with Crippen molar-refractivity contribution in [2.45, 2.75) is 44.2 Å². The van der Waals surface area contributed by atoms with Gasteiger partial charge >= 0.3 is 5.97 Å². The Morgan fingerprint density at radius 3 is 2.22 bits per heavy atom. The number of hydrogen-bond donors (Lipinski definition) is 4. The van der Waals surface area contributed by atoms with Crippen LogP contribution in [0.4, 0.5) is 0 Å². The number of carbonyl (C=O) groups is 3. The summed E-state index contributed by atoms with van der Waals surface area (Å²) in [6, 6.07) is 16.8. The van der Waals surface area contributed by atoms with E-state index < -0.39 is 29.0 Å². The Bertz CT molecular complexity index is 1060. The third-order valence-corrected chi connectivity index (χ3v) is 5.39. The Morgan fingerprint density at radius 1 is 1.00 bits per heavy atom. The summed E-state index contributed by atoms with van der Waals surface area (Å²) in [4.78, 5) is 48.5. The van der Waals surface area contributed by atoms with Crippen molar-refractivity contribution in [1.82, 2.24) is 16.0 Å². The van der Waals surface area contributed by atoms with Crippen LogP contribution < -0.4 is 21.7 Å². The summed E-state index contributed by atoms with van der Waals surface area (Å²) in [5, 5.41) is 20.3. The molecule has 198 valence electrons. The van der Waals surface area contributed by atoms with Gasteiger partial charge in [-0.2, -0.15) is 0 Å². The summed E-state index contributed by atoms with van der Waals surface area (Å²) < 4.78 is 4.81. The monoisotopic (exact) mass is 512 g/mol. The third-order valence-electron chi connectivity index (χ3n) is 5.39. The molecule has 0 aliphatic carbocycles. The average molecular weight is 513 g/mol. The number of hydrogen-bond acceptors (Lipinski definition) is 6. The fourth-order valence-corrected chi connectivity index (χ4v) is 3.54. The van der Waals surface area contributed by atoms with E-state index in [1.165, 1.54) is 7.11 Å².